The second-order valence-corrected chi connectivity index (χ2v) is 5.75. The van der Waals surface area contributed by atoms with Gasteiger partial charge in [0.25, 0.3) is 5.91 Å². The number of nitrogens with one attached hydrogen (secondary N) is 2. The van der Waals surface area contributed by atoms with Gasteiger partial charge in [0, 0.05) is 12.6 Å². The Bertz CT molecular complexity index is 864. The third-order valence-corrected chi connectivity index (χ3v) is 3.71. The fourth-order valence-corrected chi connectivity index (χ4v) is 2.43. The average molecular weight is 354 g/mol. The molecule has 6 nitrogen and oxygen atoms in total. The Kier molecular flexibility index (Phi) is 5.58. The number of aromatic nitrogens is 2. The van der Waals surface area contributed by atoms with E-state index in [2.05, 4.69) is 20.6 Å². The molecule has 2 N–H and O–H groups in total. The average Bonchev–Trinajstić information content (AvgIpc) is 3.14. The van der Waals surface area contributed by atoms with Crippen LogP contribution in [0.25, 0.3) is 0 Å². The van der Waals surface area contributed by atoms with Crippen LogP contribution in [0, 0.1) is 12.7 Å². The number of hydrogen-bond acceptors (Lipinski definition) is 5. The summed E-state index contributed by atoms with van der Waals surface area (Å²) in [5.74, 6) is 1.19. The number of benzene rings is 1. The van der Waals surface area contributed by atoms with E-state index in [-0.39, 0.29) is 17.4 Å². The third kappa shape index (κ3) is 4.89. The van der Waals surface area contributed by atoms with Gasteiger partial charge in [-0.2, -0.15) is 0 Å². The molecule has 1 aromatic carbocycles. The quantitative estimate of drug-likeness (QED) is 0.681. The largest absolute Gasteiger partial charge is 0.467 e. The van der Waals surface area contributed by atoms with Crippen molar-refractivity contribution in [3.8, 4) is 0 Å². The lowest BCUT2D eigenvalue weighted by Crippen LogP contribution is -2.24. The number of aryl methyl sites for hydroxylation is 1. The van der Waals surface area contributed by atoms with Crippen molar-refractivity contribution in [1.82, 2.24) is 15.3 Å². The lowest BCUT2D eigenvalue weighted by Gasteiger charge is -2.09. The van der Waals surface area contributed by atoms with E-state index in [1.807, 2.05) is 0 Å². The number of nitrogens with zero attached hydrogens (tertiary/aromatic N) is 2. The summed E-state index contributed by atoms with van der Waals surface area (Å²) < 4.78 is 18.1. The van der Waals surface area contributed by atoms with Gasteiger partial charge in [-0.05, 0) is 43.2 Å². The van der Waals surface area contributed by atoms with Gasteiger partial charge < -0.3 is 15.1 Å². The molecule has 0 saturated heterocycles. The molecule has 0 atom stereocenters. The van der Waals surface area contributed by atoms with E-state index in [4.69, 9.17) is 4.42 Å². The number of rotatable bonds is 7. The van der Waals surface area contributed by atoms with Crippen molar-refractivity contribution in [2.45, 2.75) is 19.9 Å². The van der Waals surface area contributed by atoms with Gasteiger partial charge in [-0.15, -0.1) is 0 Å². The Morgan fingerprint density at radius 3 is 2.73 bits per heavy atom. The van der Waals surface area contributed by atoms with E-state index < -0.39 is 0 Å². The fourth-order valence-electron chi connectivity index (χ4n) is 2.43. The van der Waals surface area contributed by atoms with Crippen molar-refractivity contribution >= 4 is 11.7 Å². The predicted molar refractivity (Wildman–Crippen MR) is 95.2 cm³/mol. The van der Waals surface area contributed by atoms with E-state index in [0.29, 0.717) is 36.9 Å². The summed E-state index contributed by atoms with van der Waals surface area (Å²) in [5.41, 5.74) is 1.30. The second-order valence-electron chi connectivity index (χ2n) is 5.75. The first kappa shape index (κ1) is 17.6. The Morgan fingerprint density at radius 1 is 1.19 bits per heavy atom. The van der Waals surface area contributed by atoms with E-state index in [1.165, 1.54) is 12.1 Å². The van der Waals surface area contributed by atoms with Gasteiger partial charge in [0.1, 0.15) is 28.9 Å². The Hall–Kier alpha value is -3.22. The zero-order valence-electron chi connectivity index (χ0n) is 14.3. The van der Waals surface area contributed by atoms with Gasteiger partial charge in [-0.25, -0.2) is 14.4 Å². The molecule has 7 heteroatoms. The highest BCUT2D eigenvalue weighted by atomic mass is 19.1. The van der Waals surface area contributed by atoms with Crippen molar-refractivity contribution < 1.29 is 13.6 Å². The van der Waals surface area contributed by atoms with Crippen LogP contribution < -0.4 is 10.6 Å². The number of halogens is 1. The second kappa shape index (κ2) is 8.24. The van der Waals surface area contributed by atoms with Crippen LogP contribution in [0.2, 0.25) is 0 Å². The Labute approximate surface area is 150 Å². The SMILES string of the molecule is Cc1nc(NCCc2ccc(F)cc2)cc(C(=O)NCc2ccco2)n1. The normalized spacial score (nSPS) is 10.5. The van der Waals surface area contributed by atoms with Gasteiger partial charge in [-0.1, -0.05) is 12.1 Å². The number of carbonyl (C=O) groups excluding carboxylic acids is 1. The maximum absolute atomic E-state index is 12.9. The van der Waals surface area contributed by atoms with Gasteiger partial charge in [0.2, 0.25) is 0 Å². The molecule has 0 aliphatic heterocycles. The summed E-state index contributed by atoms with van der Waals surface area (Å²) in [4.78, 5) is 20.7. The smallest absolute Gasteiger partial charge is 0.270 e. The van der Waals surface area contributed by atoms with E-state index in [1.54, 1.807) is 43.5 Å². The first-order valence-corrected chi connectivity index (χ1v) is 8.25. The van der Waals surface area contributed by atoms with Crippen molar-refractivity contribution in [3.63, 3.8) is 0 Å². The summed E-state index contributed by atoms with van der Waals surface area (Å²) in [5, 5.41) is 5.93. The number of hydrogen-bond donors (Lipinski definition) is 2. The van der Waals surface area contributed by atoms with Gasteiger partial charge in [0.05, 0.1) is 12.8 Å². The van der Waals surface area contributed by atoms with E-state index in [9.17, 15) is 9.18 Å². The molecule has 3 aromatic rings. The minimum absolute atomic E-state index is 0.252. The highest BCUT2D eigenvalue weighted by Crippen LogP contribution is 2.09. The van der Waals surface area contributed by atoms with Crippen LogP contribution in [0.4, 0.5) is 10.2 Å². The molecular weight excluding hydrogens is 335 g/mol. The maximum atomic E-state index is 12.9. The zero-order chi connectivity index (χ0) is 18.4. The number of furan rings is 1. The monoisotopic (exact) mass is 354 g/mol. The molecule has 0 saturated carbocycles. The minimum Gasteiger partial charge on any atom is -0.467 e. The van der Waals surface area contributed by atoms with Crippen molar-refractivity contribution in [1.29, 1.82) is 0 Å². The molecule has 0 aliphatic rings. The van der Waals surface area contributed by atoms with Crippen LogP contribution in [0.1, 0.15) is 27.6 Å². The maximum Gasteiger partial charge on any atom is 0.270 e. The first-order chi connectivity index (χ1) is 12.6. The van der Waals surface area contributed by atoms with Crippen molar-refractivity contribution in [3.05, 3.63) is 77.4 Å². The molecule has 0 spiro atoms. The molecule has 0 bridgehead atoms. The molecule has 134 valence electrons. The lowest BCUT2D eigenvalue weighted by atomic mass is 10.1. The summed E-state index contributed by atoms with van der Waals surface area (Å²) in [6.45, 7) is 2.63. The van der Waals surface area contributed by atoms with Crippen LogP contribution in [0.3, 0.4) is 0 Å². The van der Waals surface area contributed by atoms with Gasteiger partial charge in [0.15, 0.2) is 0 Å². The molecule has 1 amide bonds. The zero-order valence-corrected chi connectivity index (χ0v) is 14.3. The molecule has 2 heterocycles. The lowest BCUT2D eigenvalue weighted by molar-refractivity contribution is 0.0942. The van der Waals surface area contributed by atoms with Crippen LogP contribution >= 0.6 is 0 Å². The summed E-state index contributed by atoms with van der Waals surface area (Å²) >= 11 is 0. The van der Waals surface area contributed by atoms with Crippen molar-refractivity contribution in [2.75, 3.05) is 11.9 Å². The molecule has 3 rings (SSSR count). The Balaban J connectivity index is 1.57. The highest BCUT2D eigenvalue weighted by molar-refractivity contribution is 5.92. The molecular formula is C19H19FN4O2. The van der Waals surface area contributed by atoms with E-state index in [0.717, 1.165) is 5.56 Å². The summed E-state index contributed by atoms with van der Waals surface area (Å²) in [7, 11) is 0. The van der Waals surface area contributed by atoms with Crippen LogP contribution in [-0.2, 0) is 13.0 Å². The van der Waals surface area contributed by atoms with Gasteiger partial charge in [-0.3, -0.25) is 4.79 Å². The first-order valence-electron chi connectivity index (χ1n) is 8.25. The standard InChI is InChI=1S/C19H19FN4O2/c1-13-23-17(19(25)22-12-16-3-2-10-26-16)11-18(24-13)21-9-8-14-4-6-15(20)7-5-14/h2-7,10-11H,8-9,12H2,1H3,(H,22,25)(H,21,23,24). The molecule has 0 aliphatic carbocycles. The Morgan fingerprint density at radius 2 is 2.00 bits per heavy atom. The number of amides is 1. The predicted octanol–water partition coefficient (Wildman–Crippen LogP) is 3.10. The van der Waals surface area contributed by atoms with Crippen LogP contribution in [-0.4, -0.2) is 22.4 Å². The molecule has 2 aromatic heterocycles. The molecule has 0 fully saturated rings. The number of carbonyl (C=O) groups is 1. The van der Waals surface area contributed by atoms with Gasteiger partial charge >= 0.3 is 0 Å². The van der Waals surface area contributed by atoms with E-state index >= 15 is 0 Å². The fraction of sp³-hybridized carbons (Fsp3) is 0.211. The highest BCUT2D eigenvalue weighted by Gasteiger charge is 2.11. The third-order valence-electron chi connectivity index (χ3n) is 3.71. The minimum atomic E-state index is -0.298. The van der Waals surface area contributed by atoms with Crippen molar-refractivity contribution in [2.24, 2.45) is 0 Å². The van der Waals surface area contributed by atoms with Crippen LogP contribution in [0.5, 0.6) is 0 Å². The summed E-state index contributed by atoms with van der Waals surface area (Å²) in [6, 6.07) is 11.5. The topological polar surface area (TPSA) is 80.0 Å². The summed E-state index contributed by atoms with van der Waals surface area (Å²) in [6.07, 6.45) is 2.27. The number of anilines is 1. The molecule has 0 radical (unpaired) electrons. The van der Waals surface area contributed by atoms with Crippen LogP contribution in [0.15, 0.2) is 53.1 Å². The molecule has 0 unspecified atom stereocenters. The molecule has 26 heavy (non-hydrogen) atoms.